The van der Waals surface area contributed by atoms with Gasteiger partial charge in [0.05, 0.1) is 5.25 Å². The van der Waals surface area contributed by atoms with Gasteiger partial charge in [-0.2, -0.15) is 0 Å². The summed E-state index contributed by atoms with van der Waals surface area (Å²) < 4.78 is 23.3. The maximum atomic E-state index is 11.6. The van der Waals surface area contributed by atoms with E-state index < -0.39 is 15.1 Å². The van der Waals surface area contributed by atoms with E-state index in [2.05, 4.69) is 6.58 Å². The van der Waals surface area contributed by atoms with E-state index in [1.165, 1.54) is 17.2 Å². The molecule has 0 N–H and O–H groups in total. The fraction of sp³-hybridized carbons (Fsp3) is 0.727. The summed E-state index contributed by atoms with van der Waals surface area (Å²) >= 11 is 0. The molecular weight excluding hydrogens is 226 g/mol. The molecule has 0 aromatic rings. The van der Waals surface area contributed by atoms with E-state index >= 15 is 0 Å². The SMILES string of the molecule is C=CC(=O)N(C)C1CCCCC1S(C)(=O)=O. The Labute approximate surface area is 97.2 Å². The van der Waals surface area contributed by atoms with Crippen LogP contribution in [-0.4, -0.2) is 43.8 Å². The normalized spacial score (nSPS) is 26.1. The molecule has 2 atom stereocenters. The number of hydrogen-bond donors (Lipinski definition) is 0. The molecule has 0 saturated heterocycles. The van der Waals surface area contributed by atoms with Crippen LogP contribution in [0.25, 0.3) is 0 Å². The molecule has 0 spiro atoms. The highest BCUT2D eigenvalue weighted by Crippen LogP contribution is 2.27. The Morgan fingerprint density at radius 2 is 1.94 bits per heavy atom. The van der Waals surface area contributed by atoms with Crippen LogP contribution in [0, 0.1) is 0 Å². The molecular formula is C11H19NO3S. The maximum Gasteiger partial charge on any atom is 0.245 e. The molecule has 1 fully saturated rings. The number of nitrogens with zero attached hydrogens (tertiary/aromatic N) is 1. The van der Waals surface area contributed by atoms with E-state index in [0.717, 1.165) is 19.3 Å². The van der Waals surface area contributed by atoms with Crippen LogP contribution in [0.2, 0.25) is 0 Å². The molecule has 1 rings (SSSR count). The zero-order valence-corrected chi connectivity index (χ0v) is 10.7. The summed E-state index contributed by atoms with van der Waals surface area (Å²) in [6, 6.07) is -0.200. The fourth-order valence-corrected chi connectivity index (χ4v) is 3.81. The van der Waals surface area contributed by atoms with Crippen LogP contribution in [0.1, 0.15) is 25.7 Å². The second kappa shape index (κ2) is 4.99. The standard InChI is InChI=1S/C11H19NO3S/c1-4-11(13)12(2)9-7-5-6-8-10(9)16(3,14)15/h4,9-10H,1,5-8H2,2-3H3. The van der Waals surface area contributed by atoms with Crippen molar-refractivity contribution in [2.75, 3.05) is 13.3 Å². The molecule has 1 aliphatic carbocycles. The molecule has 0 radical (unpaired) electrons. The highest BCUT2D eigenvalue weighted by atomic mass is 32.2. The largest absolute Gasteiger partial charge is 0.338 e. The summed E-state index contributed by atoms with van der Waals surface area (Å²) in [5.74, 6) is -0.208. The van der Waals surface area contributed by atoms with Crippen LogP contribution in [0.15, 0.2) is 12.7 Å². The lowest BCUT2D eigenvalue weighted by atomic mass is 9.94. The fourth-order valence-electron chi connectivity index (χ4n) is 2.33. The lowest BCUT2D eigenvalue weighted by molar-refractivity contribution is -0.127. The summed E-state index contributed by atoms with van der Waals surface area (Å²) in [5, 5.41) is -0.421. The Kier molecular flexibility index (Phi) is 4.13. The van der Waals surface area contributed by atoms with Gasteiger partial charge in [-0.25, -0.2) is 8.42 Å². The van der Waals surface area contributed by atoms with Crippen LogP contribution < -0.4 is 0 Å². The first kappa shape index (κ1) is 13.2. The number of hydrogen-bond acceptors (Lipinski definition) is 3. The molecule has 2 unspecified atom stereocenters. The Bertz CT molecular complexity index is 375. The van der Waals surface area contributed by atoms with E-state index in [1.807, 2.05) is 0 Å². The minimum absolute atomic E-state index is 0.200. The molecule has 0 aliphatic heterocycles. The molecule has 0 aromatic carbocycles. The molecule has 92 valence electrons. The molecule has 5 heteroatoms. The van der Waals surface area contributed by atoms with E-state index in [1.54, 1.807) is 7.05 Å². The van der Waals surface area contributed by atoms with Gasteiger partial charge in [-0.3, -0.25) is 4.79 Å². The molecule has 1 amide bonds. The van der Waals surface area contributed by atoms with E-state index in [-0.39, 0.29) is 11.9 Å². The van der Waals surface area contributed by atoms with Crippen LogP contribution in [0.3, 0.4) is 0 Å². The zero-order valence-electron chi connectivity index (χ0n) is 9.85. The van der Waals surface area contributed by atoms with Crippen LogP contribution in [0.4, 0.5) is 0 Å². The Morgan fingerprint density at radius 3 is 2.44 bits per heavy atom. The van der Waals surface area contributed by atoms with Crippen LogP contribution in [-0.2, 0) is 14.6 Å². The number of carbonyl (C=O) groups excluding carboxylic acids is 1. The predicted octanol–water partition coefficient (Wildman–Crippen LogP) is 0.987. The topological polar surface area (TPSA) is 54.5 Å². The second-order valence-corrected chi connectivity index (χ2v) is 6.64. The maximum absolute atomic E-state index is 11.6. The third-order valence-corrected chi connectivity index (χ3v) is 4.89. The van der Waals surface area contributed by atoms with Gasteiger partial charge in [0.15, 0.2) is 9.84 Å². The first-order valence-electron chi connectivity index (χ1n) is 5.46. The summed E-state index contributed by atoms with van der Waals surface area (Å²) in [4.78, 5) is 13.0. The van der Waals surface area contributed by atoms with Crippen molar-refractivity contribution in [1.29, 1.82) is 0 Å². The van der Waals surface area contributed by atoms with Gasteiger partial charge in [-0.05, 0) is 18.9 Å². The summed E-state index contributed by atoms with van der Waals surface area (Å²) in [6.07, 6.45) is 5.79. The smallest absolute Gasteiger partial charge is 0.245 e. The first-order valence-corrected chi connectivity index (χ1v) is 7.41. The molecule has 16 heavy (non-hydrogen) atoms. The Hall–Kier alpha value is -0.840. The van der Waals surface area contributed by atoms with Gasteiger partial charge in [-0.15, -0.1) is 0 Å². The second-order valence-electron chi connectivity index (χ2n) is 4.37. The van der Waals surface area contributed by atoms with Gasteiger partial charge in [-0.1, -0.05) is 19.4 Å². The highest BCUT2D eigenvalue weighted by Gasteiger charge is 2.36. The molecule has 0 aromatic heterocycles. The van der Waals surface area contributed by atoms with Crippen LogP contribution >= 0.6 is 0 Å². The number of carbonyl (C=O) groups is 1. The third-order valence-electron chi connectivity index (χ3n) is 3.24. The van der Waals surface area contributed by atoms with Gasteiger partial charge in [0.1, 0.15) is 0 Å². The average molecular weight is 245 g/mol. The number of amides is 1. The van der Waals surface area contributed by atoms with Crippen molar-refractivity contribution >= 4 is 15.7 Å². The third kappa shape index (κ3) is 2.84. The number of likely N-dealkylation sites (N-methyl/N-ethyl adjacent to an activating group) is 1. The number of rotatable bonds is 3. The van der Waals surface area contributed by atoms with Crippen molar-refractivity contribution < 1.29 is 13.2 Å². The van der Waals surface area contributed by atoms with Crippen molar-refractivity contribution in [2.24, 2.45) is 0 Å². The van der Waals surface area contributed by atoms with Crippen molar-refractivity contribution in [2.45, 2.75) is 37.0 Å². The van der Waals surface area contributed by atoms with Gasteiger partial charge in [0.25, 0.3) is 0 Å². The van der Waals surface area contributed by atoms with Crippen molar-refractivity contribution in [3.05, 3.63) is 12.7 Å². The molecule has 4 nitrogen and oxygen atoms in total. The molecule has 0 bridgehead atoms. The van der Waals surface area contributed by atoms with Gasteiger partial charge >= 0.3 is 0 Å². The number of sulfone groups is 1. The monoisotopic (exact) mass is 245 g/mol. The van der Waals surface area contributed by atoms with Crippen molar-refractivity contribution in [1.82, 2.24) is 4.90 Å². The minimum Gasteiger partial charge on any atom is -0.338 e. The minimum atomic E-state index is -3.09. The highest BCUT2D eigenvalue weighted by molar-refractivity contribution is 7.91. The Morgan fingerprint density at radius 1 is 1.38 bits per heavy atom. The lowest BCUT2D eigenvalue weighted by Crippen LogP contribution is -2.48. The van der Waals surface area contributed by atoms with E-state index in [4.69, 9.17) is 0 Å². The zero-order chi connectivity index (χ0) is 12.3. The summed E-state index contributed by atoms with van der Waals surface area (Å²) in [6.45, 7) is 3.42. The van der Waals surface area contributed by atoms with E-state index in [9.17, 15) is 13.2 Å². The average Bonchev–Trinajstić information content (AvgIpc) is 2.26. The van der Waals surface area contributed by atoms with E-state index in [0.29, 0.717) is 6.42 Å². The van der Waals surface area contributed by atoms with Crippen LogP contribution in [0.5, 0.6) is 0 Å². The van der Waals surface area contributed by atoms with Crippen molar-refractivity contribution in [3.63, 3.8) is 0 Å². The van der Waals surface area contributed by atoms with Gasteiger partial charge < -0.3 is 4.90 Å². The lowest BCUT2D eigenvalue weighted by Gasteiger charge is -2.36. The molecule has 0 heterocycles. The van der Waals surface area contributed by atoms with Crippen molar-refractivity contribution in [3.8, 4) is 0 Å². The first-order chi connectivity index (χ1) is 7.38. The Balaban J connectivity index is 2.90. The summed E-state index contributed by atoms with van der Waals surface area (Å²) in [7, 11) is -1.44. The molecule has 1 saturated carbocycles. The van der Waals surface area contributed by atoms with Gasteiger partial charge in [0.2, 0.25) is 5.91 Å². The predicted molar refractivity (Wildman–Crippen MR) is 63.9 cm³/mol. The quantitative estimate of drug-likeness (QED) is 0.697. The van der Waals surface area contributed by atoms with Gasteiger partial charge in [0, 0.05) is 19.3 Å². The summed E-state index contributed by atoms with van der Waals surface area (Å²) in [5.41, 5.74) is 0. The molecule has 1 aliphatic rings.